The van der Waals surface area contributed by atoms with Gasteiger partial charge < -0.3 is 4.42 Å². The van der Waals surface area contributed by atoms with Gasteiger partial charge in [0.25, 0.3) is 0 Å². The number of rotatable bonds is 3. The molecule has 0 aliphatic rings. The second kappa shape index (κ2) is 3.68. The molecule has 6 nitrogen and oxygen atoms in total. The zero-order valence-corrected chi connectivity index (χ0v) is 7.21. The van der Waals surface area contributed by atoms with Crippen LogP contribution >= 0.6 is 0 Å². The Bertz CT molecular complexity index is 452. The SMILES string of the molecule is [N-]=[N+]=NCc1cn[nH]c1-c1ccoc1. The zero-order valence-electron chi connectivity index (χ0n) is 7.21. The predicted octanol–water partition coefficient (Wildman–Crippen LogP) is 2.48. The number of aromatic nitrogens is 2. The second-order valence-electron chi connectivity index (χ2n) is 2.67. The van der Waals surface area contributed by atoms with E-state index >= 15 is 0 Å². The molecule has 0 saturated carbocycles. The topological polar surface area (TPSA) is 90.6 Å². The summed E-state index contributed by atoms with van der Waals surface area (Å²) in [5.74, 6) is 0. The fourth-order valence-electron chi connectivity index (χ4n) is 1.20. The van der Waals surface area contributed by atoms with Crippen molar-refractivity contribution in [1.29, 1.82) is 0 Å². The lowest BCUT2D eigenvalue weighted by molar-refractivity contribution is 0.568. The Hall–Kier alpha value is -2.20. The lowest BCUT2D eigenvalue weighted by Crippen LogP contribution is -1.81. The molecule has 0 amide bonds. The van der Waals surface area contributed by atoms with E-state index in [2.05, 4.69) is 20.2 Å². The Labute approximate surface area is 79.2 Å². The van der Waals surface area contributed by atoms with Crippen LogP contribution in [0.5, 0.6) is 0 Å². The zero-order chi connectivity index (χ0) is 9.80. The first-order chi connectivity index (χ1) is 6.92. The van der Waals surface area contributed by atoms with Gasteiger partial charge in [-0.2, -0.15) is 5.10 Å². The van der Waals surface area contributed by atoms with Gasteiger partial charge in [-0.25, -0.2) is 0 Å². The molecule has 70 valence electrons. The highest BCUT2D eigenvalue weighted by Gasteiger charge is 2.07. The van der Waals surface area contributed by atoms with Crippen LogP contribution in [0.2, 0.25) is 0 Å². The quantitative estimate of drug-likeness (QED) is 0.456. The van der Waals surface area contributed by atoms with Crippen molar-refractivity contribution in [1.82, 2.24) is 10.2 Å². The molecule has 2 aromatic rings. The fourth-order valence-corrected chi connectivity index (χ4v) is 1.20. The standard InChI is InChI=1S/C8H7N5O/c9-13-11-4-7-3-10-12-8(7)6-1-2-14-5-6/h1-3,5H,4H2,(H,10,12). The van der Waals surface area contributed by atoms with E-state index in [1.807, 2.05) is 6.07 Å². The monoisotopic (exact) mass is 189 g/mol. The maximum Gasteiger partial charge on any atom is 0.0996 e. The van der Waals surface area contributed by atoms with Crippen molar-refractivity contribution in [3.63, 3.8) is 0 Å². The molecule has 6 heteroatoms. The van der Waals surface area contributed by atoms with Crippen LogP contribution in [0, 0.1) is 0 Å². The lowest BCUT2D eigenvalue weighted by atomic mass is 10.1. The average Bonchev–Trinajstić information content (AvgIpc) is 2.84. The minimum Gasteiger partial charge on any atom is -0.472 e. The molecule has 0 fully saturated rings. The number of aromatic amines is 1. The van der Waals surface area contributed by atoms with Gasteiger partial charge in [0.15, 0.2) is 0 Å². The molecule has 2 aromatic heterocycles. The molecular weight excluding hydrogens is 182 g/mol. The van der Waals surface area contributed by atoms with E-state index in [1.165, 1.54) is 0 Å². The van der Waals surface area contributed by atoms with E-state index in [-0.39, 0.29) is 6.54 Å². The Balaban J connectivity index is 2.34. The van der Waals surface area contributed by atoms with E-state index in [1.54, 1.807) is 18.7 Å². The number of H-pyrrole nitrogens is 1. The van der Waals surface area contributed by atoms with Gasteiger partial charge in [-0.3, -0.25) is 5.10 Å². The Kier molecular flexibility index (Phi) is 2.21. The average molecular weight is 189 g/mol. The largest absolute Gasteiger partial charge is 0.472 e. The first-order valence-corrected chi connectivity index (χ1v) is 3.97. The van der Waals surface area contributed by atoms with E-state index in [0.717, 1.165) is 16.8 Å². The molecule has 0 aliphatic carbocycles. The summed E-state index contributed by atoms with van der Waals surface area (Å²) in [5.41, 5.74) is 10.8. The van der Waals surface area contributed by atoms with E-state index in [9.17, 15) is 0 Å². The summed E-state index contributed by atoms with van der Waals surface area (Å²) in [5, 5.41) is 10.2. The maximum atomic E-state index is 8.20. The van der Waals surface area contributed by atoms with E-state index < -0.39 is 0 Å². The molecule has 0 atom stereocenters. The predicted molar refractivity (Wildman–Crippen MR) is 49.1 cm³/mol. The van der Waals surface area contributed by atoms with Crippen molar-refractivity contribution >= 4 is 0 Å². The van der Waals surface area contributed by atoms with Crippen LogP contribution in [0.1, 0.15) is 5.56 Å². The summed E-state index contributed by atoms with van der Waals surface area (Å²) in [4.78, 5) is 2.69. The second-order valence-corrected chi connectivity index (χ2v) is 2.67. The van der Waals surface area contributed by atoms with Crippen molar-refractivity contribution in [3.8, 4) is 11.3 Å². The molecule has 0 spiro atoms. The van der Waals surface area contributed by atoms with E-state index in [4.69, 9.17) is 9.95 Å². The summed E-state index contributed by atoms with van der Waals surface area (Å²) < 4.78 is 4.95. The number of hydrogen-bond donors (Lipinski definition) is 1. The number of azide groups is 1. The van der Waals surface area contributed by atoms with Gasteiger partial charge >= 0.3 is 0 Å². The molecule has 2 rings (SSSR count). The third-order valence-electron chi connectivity index (χ3n) is 1.83. The highest BCUT2D eigenvalue weighted by Crippen LogP contribution is 2.21. The maximum absolute atomic E-state index is 8.20. The minimum atomic E-state index is 0.285. The third-order valence-corrected chi connectivity index (χ3v) is 1.83. The van der Waals surface area contributed by atoms with Crippen LogP contribution in [0.15, 0.2) is 34.3 Å². The molecule has 0 aliphatic heterocycles. The summed E-state index contributed by atoms with van der Waals surface area (Å²) in [6.07, 6.45) is 4.82. The number of nitrogens with one attached hydrogen (secondary N) is 1. The van der Waals surface area contributed by atoms with Gasteiger partial charge in [0.1, 0.15) is 0 Å². The van der Waals surface area contributed by atoms with Crippen LogP contribution < -0.4 is 0 Å². The molecule has 14 heavy (non-hydrogen) atoms. The third kappa shape index (κ3) is 1.46. The smallest absolute Gasteiger partial charge is 0.0996 e. The highest BCUT2D eigenvalue weighted by atomic mass is 16.3. The Morgan fingerprint density at radius 2 is 2.57 bits per heavy atom. The molecule has 0 unspecified atom stereocenters. The van der Waals surface area contributed by atoms with Gasteiger partial charge in [0, 0.05) is 16.0 Å². The summed E-state index contributed by atoms with van der Waals surface area (Å²) in [6, 6.07) is 1.81. The lowest BCUT2D eigenvalue weighted by Gasteiger charge is -1.94. The summed E-state index contributed by atoms with van der Waals surface area (Å²) >= 11 is 0. The van der Waals surface area contributed by atoms with Crippen LogP contribution in [-0.4, -0.2) is 10.2 Å². The van der Waals surface area contributed by atoms with Gasteiger partial charge in [0.2, 0.25) is 0 Å². The molecule has 0 saturated heterocycles. The van der Waals surface area contributed by atoms with Gasteiger partial charge in [0.05, 0.1) is 31.0 Å². The van der Waals surface area contributed by atoms with Gasteiger partial charge in [-0.15, -0.1) is 0 Å². The van der Waals surface area contributed by atoms with Crippen LogP contribution in [0.4, 0.5) is 0 Å². The van der Waals surface area contributed by atoms with Crippen molar-refractivity contribution in [2.45, 2.75) is 6.54 Å². The molecule has 2 heterocycles. The molecular formula is C8H7N5O. The van der Waals surface area contributed by atoms with Gasteiger partial charge in [-0.1, -0.05) is 5.11 Å². The number of hydrogen-bond acceptors (Lipinski definition) is 3. The molecule has 0 aromatic carbocycles. The Morgan fingerprint density at radius 3 is 3.29 bits per heavy atom. The highest BCUT2D eigenvalue weighted by molar-refractivity contribution is 5.60. The summed E-state index contributed by atoms with van der Waals surface area (Å²) in [7, 11) is 0. The Morgan fingerprint density at radius 1 is 1.64 bits per heavy atom. The number of furan rings is 1. The molecule has 1 N–H and O–H groups in total. The molecule has 0 bridgehead atoms. The van der Waals surface area contributed by atoms with Gasteiger partial charge in [-0.05, 0) is 11.6 Å². The van der Waals surface area contributed by atoms with Crippen molar-refractivity contribution in [2.75, 3.05) is 0 Å². The summed E-state index contributed by atoms with van der Waals surface area (Å²) in [6.45, 7) is 0.285. The normalized spacial score (nSPS) is 9.71. The van der Waals surface area contributed by atoms with Crippen LogP contribution in [-0.2, 0) is 6.54 Å². The first kappa shape index (κ1) is 8.40. The molecule has 0 radical (unpaired) electrons. The van der Waals surface area contributed by atoms with E-state index in [0.29, 0.717) is 0 Å². The van der Waals surface area contributed by atoms with Crippen molar-refractivity contribution < 1.29 is 4.42 Å². The van der Waals surface area contributed by atoms with Crippen molar-refractivity contribution in [2.24, 2.45) is 5.11 Å². The fraction of sp³-hybridized carbons (Fsp3) is 0.125. The van der Waals surface area contributed by atoms with Crippen LogP contribution in [0.3, 0.4) is 0 Å². The van der Waals surface area contributed by atoms with Crippen molar-refractivity contribution in [3.05, 3.63) is 40.8 Å². The minimum absolute atomic E-state index is 0.285. The van der Waals surface area contributed by atoms with Crippen LogP contribution in [0.25, 0.3) is 21.7 Å². The number of nitrogens with zero attached hydrogens (tertiary/aromatic N) is 4. The first-order valence-electron chi connectivity index (χ1n) is 3.97.